The van der Waals surface area contributed by atoms with Crippen molar-refractivity contribution in [3.63, 3.8) is 0 Å². The number of rotatable bonds is 2. The van der Waals surface area contributed by atoms with Crippen LogP contribution in [0, 0.1) is 0 Å². The monoisotopic (exact) mass is 209 g/mol. The second-order valence-corrected chi connectivity index (χ2v) is 3.02. The van der Waals surface area contributed by atoms with Crippen LogP contribution in [0.2, 0.25) is 0 Å². The Morgan fingerprint density at radius 1 is 1.53 bits per heavy atom. The molecule has 0 aliphatic carbocycles. The van der Waals surface area contributed by atoms with Crippen LogP contribution in [0.3, 0.4) is 0 Å². The van der Waals surface area contributed by atoms with Gasteiger partial charge in [-0.15, -0.1) is 0 Å². The minimum atomic E-state index is -0.452. The van der Waals surface area contributed by atoms with Crippen molar-refractivity contribution in [2.24, 2.45) is 0 Å². The fraction of sp³-hybridized carbons (Fsp3) is 0.300. The highest BCUT2D eigenvalue weighted by atomic mass is 16.7. The highest BCUT2D eigenvalue weighted by molar-refractivity contribution is 5.95. The Balaban J connectivity index is 2.42. The van der Waals surface area contributed by atoms with Crippen molar-refractivity contribution in [2.45, 2.75) is 6.92 Å². The Labute approximate surface area is 86.7 Å². The van der Waals surface area contributed by atoms with Gasteiger partial charge in [0.1, 0.15) is 5.56 Å². The Kier molecular flexibility index (Phi) is 2.37. The molecule has 0 unspecified atom stereocenters. The highest BCUT2D eigenvalue weighted by Crippen LogP contribution is 2.37. The molecule has 0 spiro atoms. The standard InChI is InChI=1S/C10H11NO4/c1-2-13-10(12)7-3-6(11)4-8-9(7)15-5-14-8/h3-4H,2,5,11H2,1H3. The van der Waals surface area contributed by atoms with Gasteiger partial charge in [0, 0.05) is 11.8 Å². The van der Waals surface area contributed by atoms with Gasteiger partial charge in [0.2, 0.25) is 6.79 Å². The van der Waals surface area contributed by atoms with Gasteiger partial charge >= 0.3 is 5.97 Å². The SMILES string of the molecule is CCOC(=O)c1cc(N)cc2c1OCO2. The molecule has 2 N–H and O–H groups in total. The Morgan fingerprint density at radius 3 is 3.07 bits per heavy atom. The van der Waals surface area contributed by atoms with E-state index in [-0.39, 0.29) is 6.79 Å². The lowest BCUT2D eigenvalue weighted by Crippen LogP contribution is -2.06. The molecule has 0 amide bonds. The maximum absolute atomic E-state index is 11.5. The number of hydrogen-bond donors (Lipinski definition) is 1. The number of carbonyl (C=O) groups excluding carboxylic acids is 1. The van der Waals surface area contributed by atoms with Crippen molar-refractivity contribution in [2.75, 3.05) is 19.1 Å². The third kappa shape index (κ3) is 1.68. The average molecular weight is 209 g/mol. The molecular weight excluding hydrogens is 198 g/mol. The van der Waals surface area contributed by atoms with Crippen LogP contribution in [0.15, 0.2) is 12.1 Å². The van der Waals surface area contributed by atoms with E-state index in [2.05, 4.69) is 0 Å². The molecule has 0 bridgehead atoms. The summed E-state index contributed by atoms with van der Waals surface area (Å²) in [5, 5.41) is 0. The van der Waals surface area contributed by atoms with Gasteiger partial charge in [-0.2, -0.15) is 0 Å². The molecule has 0 saturated carbocycles. The molecule has 1 heterocycles. The lowest BCUT2D eigenvalue weighted by molar-refractivity contribution is 0.0522. The van der Waals surface area contributed by atoms with Crippen molar-refractivity contribution >= 4 is 11.7 Å². The zero-order valence-corrected chi connectivity index (χ0v) is 8.28. The van der Waals surface area contributed by atoms with Crippen LogP contribution >= 0.6 is 0 Å². The van der Waals surface area contributed by atoms with Crippen molar-refractivity contribution in [3.05, 3.63) is 17.7 Å². The number of esters is 1. The molecule has 0 radical (unpaired) electrons. The molecule has 15 heavy (non-hydrogen) atoms. The molecule has 0 saturated heterocycles. The second kappa shape index (κ2) is 3.68. The van der Waals surface area contributed by atoms with E-state index in [1.165, 1.54) is 6.07 Å². The first-order valence-corrected chi connectivity index (χ1v) is 4.58. The Morgan fingerprint density at radius 2 is 2.33 bits per heavy atom. The fourth-order valence-corrected chi connectivity index (χ4v) is 1.39. The first-order valence-electron chi connectivity index (χ1n) is 4.58. The first kappa shape index (κ1) is 9.64. The predicted octanol–water partition coefficient (Wildman–Crippen LogP) is 1.17. The zero-order chi connectivity index (χ0) is 10.8. The van der Waals surface area contributed by atoms with E-state index in [0.717, 1.165) is 0 Å². The van der Waals surface area contributed by atoms with Crippen LogP contribution in [0.25, 0.3) is 0 Å². The molecule has 5 heteroatoms. The van der Waals surface area contributed by atoms with Crippen LogP contribution in [0.5, 0.6) is 11.5 Å². The number of anilines is 1. The van der Waals surface area contributed by atoms with Crippen molar-refractivity contribution in [1.29, 1.82) is 0 Å². The molecule has 2 rings (SSSR count). The van der Waals surface area contributed by atoms with E-state index in [4.69, 9.17) is 19.9 Å². The summed E-state index contributed by atoms with van der Waals surface area (Å²) in [6.07, 6.45) is 0. The summed E-state index contributed by atoms with van der Waals surface area (Å²) in [7, 11) is 0. The molecule has 5 nitrogen and oxygen atoms in total. The van der Waals surface area contributed by atoms with Crippen molar-refractivity contribution < 1.29 is 19.0 Å². The van der Waals surface area contributed by atoms with Crippen molar-refractivity contribution in [3.8, 4) is 11.5 Å². The summed E-state index contributed by atoms with van der Waals surface area (Å²) in [6.45, 7) is 2.15. The van der Waals surface area contributed by atoms with E-state index in [0.29, 0.717) is 29.4 Å². The summed E-state index contributed by atoms with van der Waals surface area (Å²) in [5.41, 5.74) is 6.38. The Hall–Kier alpha value is -1.91. The van der Waals surface area contributed by atoms with Gasteiger partial charge < -0.3 is 19.9 Å². The van der Waals surface area contributed by atoms with Crippen LogP contribution in [-0.2, 0) is 4.74 Å². The zero-order valence-electron chi connectivity index (χ0n) is 8.28. The van der Waals surface area contributed by atoms with Crippen LogP contribution < -0.4 is 15.2 Å². The summed E-state index contributed by atoms with van der Waals surface area (Å²) >= 11 is 0. The van der Waals surface area contributed by atoms with Gasteiger partial charge in [-0.25, -0.2) is 4.79 Å². The van der Waals surface area contributed by atoms with E-state index >= 15 is 0 Å². The maximum Gasteiger partial charge on any atom is 0.342 e. The molecule has 0 atom stereocenters. The molecular formula is C10H11NO4. The van der Waals surface area contributed by atoms with Crippen LogP contribution in [0.4, 0.5) is 5.69 Å². The number of hydrogen-bond acceptors (Lipinski definition) is 5. The largest absolute Gasteiger partial charge is 0.462 e. The third-order valence-corrected chi connectivity index (χ3v) is 1.99. The molecule has 0 aromatic heterocycles. The number of carbonyl (C=O) groups is 1. The summed E-state index contributed by atoms with van der Waals surface area (Å²) in [4.78, 5) is 11.5. The van der Waals surface area contributed by atoms with Gasteiger partial charge in [0.25, 0.3) is 0 Å². The fourth-order valence-electron chi connectivity index (χ4n) is 1.39. The van der Waals surface area contributed by atoms with Crippen molar-refractivity contribution in [1.82, 2.24) is 0 Å². The van der Waals surface area contributed by atoms with E-state index in [1.807, 2.05) is 0 Å². The topological polar surface area (TPSA) is 70.8 Å². The molecule has 0 fully saturated rings. The molecule has 1 aliphatic rings. The van der Waals surface area contributed by atoms with E-state index in [9.17, 15) is 4.79 Å². The quantitative estimate of drug-likeness (QED) is 0.584. The summed E-state index contributed by atoms with van der Waals surface area (Å²) in [5.74, 6) is 0.437. The molecule has 80 valence electrons. The van der Waals surface area contributed by atoms with E-state index < -0.39 is 5.97 Å². The second-order valence-electron chi connectivity index (χ2n) is 3.02. The lowest BCUT2D eigenvalue weighted by Gasteiger charge is -2.06. The summed E-state index contributed by atoms with van der Waals surface area (Å²) < 4.78 is 15.2. The van der Waals surface area contributed by atoms with Gasteiger partial charge in [-0.1, -0.05) is 0 Å². The molecule has 1 aliphatic heterocycles. The average Bonchev–Trinajstić information content (AvgIpc) is 2.64. The predicted molar refractivity (Wildman–Crippen MR) is 52.9 cm³/mol. The normalized spacial score (nSPS) is 12.6. The Bertz CT molecular complexity index is 403. The number of nitrogens with two attached hydrogens (primary N) is 1. The lowest BCUT2D eigenvalue weighted by atomic mass is 10.1. The number of ether oxygens (including phenoxy) is 3. The van der Waals surface area contributed by atoms with Gasteiger partial charge in [-0.05, 0) is 13.0 Å². The maximum atomic E-state index is 11.5. The van der Waals surface area contributed by atoms with Gasteiger partial charge in [0.15, 0.2) is 11.5 Å². The molecule has 1 aromatic carbocycles. The van der Waals surface area contributed by atoms with E-state index in [1.54, 1.807) is 13.0 Å². The molecule has 1 aromatic rings. The van der Waals surface area contributed by atoms with Gasteiger partial charge in [-0.3, -0.25) is 0 Å². The number of fused-ring (bicyclic) bond motifs is 1. The smallest absolute Gasteiger partial charge is 0.342 e. The first-order chi connectivity index (χ1) is 7.22. The third-order valence-electron chi connectivity index (χ3n) is 1.99. The van der Waals surface area contributed by atoms with Gasteiger partial charge in [0.05, 0.1) is 6.61 Å². The van der Waals surface area contributed by atoms with Crippen LogP contribution in [-0.4, -0.2) is 19.4 Å². The number of benzene rings is 1. The van der Waals surface area contributed by atoms with Crippen LogP contribution in [0.1, 0.15) is 17.3 Å². The number of nitrogen functional groups attached to an aromatic ring is 1. The summed E-state index contributed by atoms with van der Waals surface area (Å²) in [6, 6.07) is 3.14. The minimum Gasteiger partial charge on any atom is -0.462 e. The highest BCUT2D eigenvalue weighted by Gasteiger charge is 2.23. The minimum absolute atomic E-state index is 0.102.